The molecule has 0 aliphatic rings. The van der Waals surface area contributed by atoms with E-state index in [1.807, 2.05) is 0 Å². The summed E-state index contributed by atoms with van der Waals surface area (Å²) in [6, 6.07) is 10.6. The average Bonchev–Trinajstić information content (AvgIpc) is 2.41. The Kier molecular flexibility index (Phi) is 4.36. The maximum absolute atomic E-state index is 13.9. The molecule has 0 spiro atoms. The number of non-ortho nitro benzene ring substituents is 1. The van der Waals surface area contributed by atoms with Crippen molar-refractivity contribution in [3.05, 3.63) is 64.0 Å². The van der Waals surface area contributed by atoms with Gasteiger partial charge in [-0.3, -0.25) is 10.1 Å². The molecule has 0 radical (unpaired) electrons. The Morgan fingerprint density at radius 1 is 1.25 bits per heavy atom. The van der Waals surface area contributed by atoms with Crippen LogP contribution in [0.1, 0.15) is 18.5 Å². The van der Waals surface area contributed by atoms with Gasteiger partial charge in [-0.1, -0.05) is 17.8 Å². The molecule has 104 valence electrons. The summed E-state index contributed by atoms with van der Waals surface area (Å²) in [4.78, 5) is 11.3. The molecule has 0 heterocycles. The van der Waals surface area contributed by atoms with Crippen LogP contribution in [-0.4, -0.2) is 4.92 Å². The van der Waals surface area contributed by atoms with Gasteiger partial charge in [0.25, 0.3) is 5.69 Å². The third-order valence-corrected chi connectivity index (χ3v) is 3.82. The van der Waals surface area contributed by atoms with Gasteiger partial charge in [0.05, 0.1) is 4.92 Å². The summed E-state index contributed by atoms with van der Waals surface area (Å²) >= 11 is 1.22. The van der Waals surface area contributed by atoms with Gasteiger partial charge in [-0.15, -0.1) is 0 Å². The highest BCUT2D eigenvalue weighted by atomic mass is 32.2. The van der Waals surface area contributed by atoms with E-state index in [-0.39, 0.29) is 17.5 Å². The van der Waals surface area contributed by atoms with Crippen LogP contribution >= 0.6 is 11.8 Å². The molecule has 0 unspecified atom stereocenters. The van der Waals surface area contributed by atoms with Crippen molar-refractivity contribution >= 4 is 17.4 Å². The number of nitrogens with two attached hydrogens (primary N) is 1. The number of nitro benzene ring substituents is 1. The van der Waals surface area contributed by atoms with E-state index in [1.54, 1.807) is 31.2 Å². The molecule has 0 saturated heterocycles. The Morgan fingerprint density at radius 2 is 1.90 bits per heavy atom. The second kappa shape index (κ2) is 6.02. The standard InChI is InChI=1S/C14H13FN2O2S/c1-9(16)10-2-7-14(13(15)8-10)20-12-5-3-11(4-6-12)17(18)19/h2-9H,16H2,1H3/t9-/m0/s1. The van der Waals surface area contributed by atoms with E-state index in [1.165, 1.54) is 30.0 Å². The van der Waals surface area contributed by atoms with Crippen molar-refractivity contribution in [2.75, 3.05) is 0 Å². The van der Waals surface area contributed by atoms with E-state index in [0.717, 1.165) is 10.5 Å². The first kappa shape index (κ1) is 14.5. The molecule has 4 nitrogen and oxygen atoms in total. The SMILES string of the molecule is C[C@H](N)c1ccc(Sc2ccc([N+](=O)[O-])cc2)c(F)c1. The highest BCUT2D eigenvalue weighted by Crippen LogP contribution is 2.31. The Hall–Kier alpha value is -1.92. The molecule has 20 heavy (non-hydrogen) atoms. The molecule has 0 amide bonds. The summed E-state index contributed by atoms with van der Waals surface area (Å²) in [5, 5.41) is 10.6. The van der Waals surface area contributed by atoms with Gasteiger partial charge < -0.3 is 5.73 Å². The monoisotopic (exact) mass is 292 g/mol. The smallest absolute Gasteiger partial charge is 0.269 e. The fourth-order valence-electron chi connectivity index (χ4n) is 1.65. The molecule has 0 aromatic heterocycles. The molecule has 0 aliphatic heterocycles. The number of halogens is 1. The Bertz CT molecular complexity index is 630. The molecule has 0 aliphatic carbocycles. The zero-order valence-electron chi connectivity index (χ0n) is 10.7. The predicted molar refractivity (Wildman–Crippen MR) is 76.2 cm³/mol. The summed E-state index contributed by atoms with van der Waals surface area (Å²) in [7, 11) is 0. The van der Waals surface area contributed by atoms with Crippen molar-refractivity contribution in [2.24, 2.45) is 5.73 Å². The molecule has 1 atom stereocenters. The minimum Gasteiger partial charge on any atom is -0.324 e. The van der Waals surface area contributed by atoms with Gasteiger partial charge in [-0.05, 0) is 36.8 Å². The van der Waals surface area contributed by atoms with Crippen molar-refractivity contribution in [2.45, 2.75) is 22.8 Å². The van der Waals surface area contributed by atoms with E-state index in [0.29, 0.717) is 4.90 Å². The molecule has 2 N–H and O–H groups in total. The number of rotatable bonds is 4. The maximum Gasteiger partial charge on any atom is 0.269 e. The zero-order chi connectivity index (χ0) is 14.7. The molecule has 0 fully saturated rings. The van der Waals surface area contributed by atoms with E-state index in [4.69, 9.17) is 5.73 Å². The first-order chi connectivity index (χ1) is 9.47. The number of hydrogen-bond acceptors (Lipinski definition) is 4. The predicted octanol–water partition coefficient (Wildman–Crippen LogP) is 3.90. The maximum atomic E-state index is 13.9. The number of nitrogens with zero attached hydrogens (tertiary/aromatic N) is 1. The summed E-state index contributed by atoms with van der Waals surface area (Å²) in [6.07, 6.45) is 0. The quantitative estimate of drug-likeness (QED) is 0.685. The molecule has 6 heteroatoms. The van der Waals surface area contributed by atoms with Crippen LogP contribution in [0.4, 0.5) is 10.1 Å². The minimum atomic E-state index is -0.466. The van der Waals surface area contributed by atoms with Crippen molar-refractivity contribution in [1.82, 2.24) is 0 Å². The van der Waals surface area contributed by atoms with Crippen LogP contribution in [0, 0.1) is 15.9 Å². The van der Waals surface area contributed by atoms with Crippen LogP contribution in [0.5, 0.6) is 0 Å². The lowest BCUT2D eigenvalue weighted by Gasteiger charge is -2.08. The van der Waals surface area contributed by atoms with Crippen LogP contribution in [0.25, 0.3) is 0 Å². The lowest BCUT2D eigenvalue weighted by atomic mass is 10.1. The van der Waals surface area contributed by atoms with E-state index in [2.05, 4.69) is 0 Å². The molecule has 0 bridgehead atoms. The Labute approximate surface area is 119 Å². The molecular weight excluding hydrogens is 279 g/mol. The first-order valence-electron chi connectivity index (χ1n) is 5.94. The van der Waals surface area contributed by atoms with E-state index < -0.39 is 4.92 Å². The number of nitro groups is 1. The lowest BCUT2D eigenvalue weighted by molar-refractivity contribution is -0.384. The lowest BCUT2D eigenvalue weighted by Crippen LogP contribution is -2.05. The normalized spacial score (nSPS) is 12.2. The van der Waals surface area contributed by atoms with Crippen LogP contribution < -0.4 is 5.73 Å². The van der Waals surface area contributed by atoms with E-state index >= 15 is 0 Å². The summed E-state index contributed by atoms with van der Waals surface area (Å²) in [5.41, 5.74) is 6.44. The van der Waals surface area contributed by atoms with Gasteiger partial charge in [0.15, 0.2) is 0 Å². The van der Waals surface area contributed by atoms with Crippen molar-refractivity contribution in [3.8, 4) is 0 Å². The third-order valence-electron chi connectivity index (χ3n) is 2.76. The molecule has 2 rings (SSSR count). The zero-order valence-corrected chi connectivity index (χ0v) is 11.6. The van der Waals surface area contributed by atoms with Crippen LogP contribution in [0.3, 0.4) is 0 Å². The van der Waals surface area contributed by atoms with E-state index in [9.17, 15) is 14.5 Å². The first-order valence-corrected chi connectivity index (χ1v) is 6.76. The summed E-state index contributed by atoms with van der Waals surface area (Å²) in [6.45, 7) is 1.79. The fraction of sp³-hybridized carbons (Fsp3) is 0.143. The van der Waals surface area contributed by atoms with Gasteiger partial charge in [0.1, 0.15) is 5.82 Å². The van der Waals surface area contributed by atoms with Gasteiger partial charge in [0.2, 0.25) is 0 Å². The highest BCUT2D eigenvalue weighted by Gasteiger charge is 2.09. The molecule has 2 aromatic carbocycles. The van der Waals surface area contributed by atoms with Crippen LogP contribution in [0.2, 0.25) is 0 Å². The van der Waals surface area contributed by atoms with Gasteiger partial charge in [0, 0.05) is 28.0 Å². The highest BCUT2D eigenvalue weighted by molar-refractivity contribution is 7.99. The van der Waals surface area contributed by atoms with Gasteiger partial charge in [-0.2, -0.15) is 0 Å². The molecular formula is C14H13FN2O2S. The second-order valence-electron chi connectivity index (χ2n) is 4.33. The Balaban J connectivity index is 2.19. The second-order valence-corrected chi connectivity index (χ2v) is 5.45. The average molecular weight is 292 g/mol. The van der Waals surface area contributed by atoms with Crippen LogP contribution in [-0.2, 0) is 0 Å². The van der Waals surface area contributed by atoms with Gasteiger partial charge >= 0.3 is 0 Å². The number of hydrogen-bond donors (Lipinski definition) is 1. The summed E-state index contributed by atoms with van der Waals surface area (Å²) < 4.78 is 13.9. The van der Waals surface area contributed by atoms with Crippen molar-refractivity contribution in [1.29, 1.82) is 0 Å². The van der Waals surface area contributed by atoms with Crippen molar-refractivity contribution in [3.63, 3.8) is 0 Å². The fourth-order valence-corrected chi connectivity index (χ4v) is 2.46. The van der Waals surface area contributed by atoms with Crippen molar-refractivity contribution < 1.29 is 9.31 Å². The Morgan fingerprint density at radius 3 is 2.40 bits per heavy atom. The molecule has 2 aromatic rings. The molecule has 0 saturated carbocycles. The third kappa shape index (κ3) is 3.34. The number of benzene rings is 2. The topological polar surface area (TPSA) is 69.2 Å². The largest absolute Gasteiger partial charge is 0.324 e. The van der Waals surface area contributed by atoms with Gasteiger partial charge in [-0.25, -0.2) is 4.39 Å². The summed E-state index contributed by atoms with van der Waals surface area (Å²) in [5.74, 6) is -0.344. The minimum absolute atomic E-state index is 0.0159. The van der Waals surface area contributed by atoms with Crippen LogP contribution in [0.15, 0.2) is 52.3 Å².